The molecule has 0 saturated carbocycles. The van der Waals surface area contributed by atoms with E-state index in [1.165, 1.54) is 37.3 Å². The Morgan fingerprint density at radius 3 is 2.08 bits per heavy atom. The van der Waals surface area contributed by atoms with Crippen LogP contribution in [0.15, 0.2) is 95.9 Å². The first-order valence-corrected chi connectivity index (χ1v) is 18.6. The Labute approximate surface area is 310 Å². The molecule has 0 radical (unpaired) electrons. The summed E-state index contributed by atoms with van der Waals surface area (Å²) < 4.78 is 46.3. The van der Waals surface area contributed by atoms with Gasteiger partial charge in [-0.05, 0) is 66.9 Å². The van der Waals surface area contributed by atoms with Gasteiger partial charge in [0.15, 0.2) is 11.5 Å². The second-order valence-corrected chi connectivity index (χ2v) is 14.7. The van der Waals surface area contributed by atoms with Crippen LogP contribution in [0.2, 0.25) is 10.0 Å². The zero-order valence-electron chi connectivity index (χ0n) is 29.3. The SMILES string of the molecule is CCOc1ccc(N(CC(=O)N(Cc2c(Cl)cccc2Cl)C(Cc2ccccc2)C(=O)NCC(C)C)S(=O)(=O)c2ccc(OC)c(OC)c2)cc1. The largest absolute Gasteiger partial charge is 0.494 e. The van der Waals surface area contributed by atoms with Gasteiger partial charge in [-0.25, -0.2) is 8.42 Å². The van der Waals surface area contributed by atoms with Crippen molar-refractivity contribution in [1.29, 1.82) is 0 Å². The molecular formula is C38H43Cl2N3O7S. The van der Waals surface area contributed by atoms with E-state index in [1.807, 2.05) is 51.1 Å². The zero-order valence-corrected chi connectivity index (χ0v) is 31.6. The minimum absolute atomic E-state index is 0.135. The average Bonchev–Trinajstić information content (AvgIpc) is 3.12. The number of halogens is 2. The molecule has 1 unspecified atom stereocenters. The minimum Gasteiger partial charge on any atom is -0.494 e. The van der Waals surface area contributed by atoms with E-state index in [0.29, 0.717) is 40.3 Å². The molecule has 10 nitrogen and oxygen atoms in total. The lowest BCUT2D eigenvalue weighted by Gasteiger charge is -2.34. The number of anilines is 1. The molecule has 4 rings (SSSR count). The Kier molecular flexibility index (Phi) is 14.0. The van der Waals surface area contributed by atoms with Crippen LogP contribution in [0.3, 0.4) is 0 Å². The molecule has 0 heterocycles. The fraction of sp³-hybridized carbons (Fsp3) is 0.316. The van der Waals surface area contributed by atoms with Gasteiger partial charge in [-0.1, -0.05) is 73.4 Å². The molecule has 13 heteroatoms. The Balaban J connectivity index is 1.86. The highest BCUT2D eigenvalue weighted by molar-refractivity contribution is 7.92. The average molecular weight is 757 g/mol. The van der Waals surface area contributed by atoms with Crippen molar-refractivity contribution < 1.29 is 32.2 Å². The summed E-state index contributed by atoms with van der Waals surface area (Å²) >= 11 is 13.2. The molecule has 2 amide bonds. The zero-order chi connectivity index (χ0) is 37.1. The maximum atomic E-state index is 14.8. The summed E-state index contributed by atoms with van der Waals surface area (Å²) in [5.74, 6) is 0.116. The third kappa shape index (κ3) is 10.1. The summed E-state index contributed by atoms with van der Waals surface area (Å²) in [7, 11) is -1.58. The highest BCUT2D eigenvalue weighted by atomic mass is 35.5. The van der Waals surface area contributed by atoms with E-state index in [2.05, 4.69) is 5.32 Å². The van der Waals surface area contributed by atoms with Gasteiger partial charge in [0.25, 0.3) is 10.0 Å². The Morgan fingerprint density at radius 1 is 0.843 bits per heavy atom. The second kappa shape index (κ2) is 18.2. The van der Waals surface area contributed by atoms with Crippen molar-refractivity contribution in [3.05, 3.63) is 112 Å². The van der Waals surface area contributed by atoms with E-state index in [0.717, 1.165) is 9.87 Å². The van der Waals surface area contributed by atoms with Gasteiger partial charge in [0, 0.05) is 41.2 Å². The van der Waals surface area contributed by atoms with Gasteiger partial charge in [0.1, 0.15) is 18.3 Å². The molecule has 0 aliphatic carbocycles. The van der Waals surface area contributed by atoms with Gasteiger partial charge in [0.2, 0.25) is 11.8 Å². The summed E-state index contributed by atoms with van der Waals surface area (Å²) in [5.41, 5.74) is 1.41. The molecule has 272 valence electrons. The van der Waals surface area contributed by atoms with Crippen molar-refractivity contribution >= 4 is 50.7 Å². The van der Waals surface area contributed by atoms with E-state index >= 15 is 0 Å². The molecule has 0 aliphatic rings. The number of benzene rings is 4. The molecule has 0 saturated heterocycles. The fourth-order valence-corrected chi connectivity index (χ4v) is 7.29. The molecule has 1 atom stereocenters. The van der Waals surface area contributed by atoms with E-state index in [4.69, 9.17) is 37.4 Å². The number of methoxy groups -OCH3 is 2. The number of sulfonamides is 1. The first-order valence-electron chi connectivity index (χ1n) is 16.4. The normalized spacial score (nSPS) is 11.8. The number of carbonyl (C=O) groups excluding carboxylic acids is 2. The number of hydrogen-bond donors (Lipinski definition) is 1. The van der Waals surface area contributed by atoms with Crippen LogP contribution in [0.5, 0.6) is 17.2 Å². The monoisotopic (exact) mass is 755 g/mol. The van der Waals surface area contributed by atoms with Crippen molar-refractivity contribution in [2.24, 2.45) is 5.92 Å². The molecule has 4 aromatic carbocycles. The van der Waals surface area contributed by atoms with Crippen LogP contribution in [0, 0.1) is 5.92 Å². The maximum Gasteiger partial charge on any atom is 0.264 e. The van der Waals surface area contributed by atoms with Gasteiger partial charge in [-0.15, -0.1) is 0 Å². The third-order valence-corrected chi connectivity index (χ3v) is 10.5. The highest BCUT2D eigenvalue weighted by Crippen LogP contribution is 2.33. The number of nitrogens with one attached hydrogen (secondary N) is 1. The number of hydrogen-bond acceptors (Lipinski definition) is 7. The minimum atomic E-state index is -4.42. The van der Waals surface area contributed by atoms with E-state index in [-0.39, 0.29) is 35.2 Å². The molecule has 0 spiro atoms. The van der Waals surface area contributed by atoms with Crippen molar-refractivity contribution in [1.82, 2.24) is 10.2 Å². The number of carbonyl (C=O) groups is 2. The van der Waals surface area contributed by atoms with Crippen LogP contribution in [-0.4, -0.2) is 65.1 Å². The van der Waals surface area contributed by atoms with Crippen molar-refractivity contribution in [3.63, 3.8) is 0 Å². The molecule has 1 N–H and O–H groups in total. The van der Waals surface area contributed by atoms with Crippen molar-refractivity contribution in [2.75, 3.05) is 38.2 Å². The summed E-state index contributed by atoms with van der Waals surface area (Å²) in [6.45, 7) is 5.70. The van der Waals surface area contributed by atoms with Gasteiger partial charge in [-0.3, -0.25) is 13.9 Å². The van der Waals surface area contributed by atoms with E-state index in [1.54, 1.807) is 42.5 Å². The predicted molar refractivity (Wildman–Crippen MR) is 200 cm³/mol. The van der Waals surface area contributed by atoms with Crippen molar-refractivity contribution in [2.45, 2.75) is 44.7 Å². The Bertz CT molecular complexity index is 1870. The standard InChI is InChI=1S/C38H43Cl2N3O7S/c1-6-50-29-17-15-28(16-18-29)43(51(46,47)30-19-20-35(48-4)36(22-30)49-5)25-37(44)42(24-31-32(39)13-10-14-33(31)40)34(38(45)41-23-26(2)3)21-27-11-8-7-9-12-27/h7-20,22,26,34H,6,21,23-25H2,1-5H3,(H,41,45). The van der Waals surface area contributed by atoms with Gasteiger partial charge >= 0.3 is 0 Å². The lowest BCUT2D eigenvalue weighted by molar-refractivity contribution is -0.140. The first kappa shape index (κ1) is 39.3. The lowest BCUT2D eigenvalue weighted by Crippen LogP contribution is -2.53. The highest BCUT2D eigenvalue weighted by Gasteiger charge is 2.35. The summed E-state index contributed by atoms with van der Waals surface area (Å²) in [6.07, 6.45) is 0.143. The fourth-order valence-electron chi connectivity index (χ4n) is 5.34. The Hall–Kier alpha value is -4.45. The maximum absolute atomic E-state index is 14.8. The molecule has 0 aliphatic heterocycles. The summed E-state index contributed by atoms with van der Waals surface area (Å²) in [4.78, 5) is 30.0. The molecular weight excluding hydrogens is 713 g/mol. The molecule has 0 bridgehead atoms. The molecule has 0 aromatic heterocycles. The number of amides is 2. The number of ether oxygens (including phenoxy) is 3. The van der Waals surface area contributed by atoms with E-state index in [9.17, 15) is 18.0 Å². The quantitative estimate of drug-likeness (QED) is 0.123. The van der Waals surface area contributed by atoms with Gasteiger partial charge in [-0.2, -0.15) is 0 Å². The van der Waals surface area contributed by atoms with Crippen LogP contribution in [0.4, 0.5) is 5.69 Å². The van der Waals surface area contributed by atoms with Gasteiger partial charge in [0.05, 0.1) is 31.4 Å². The molecule has 0 fully saturated rings. The third-order valence-electron chi connectivity index (χ3n) is 8.00. The second-order valence-electron chi connectivity index (χ2n) is 12.0. The van der Waals surface area contributed by atoms with Crippen LogP contribution in [0.1, 0.15) is 31.9 Å². The van der Waals surface area contributed by atoms with Crippen LogP contribution < -0.4 is 23.8 Å². The molecule has 4 aromatic rings. The topological polar surface area (TPSA) is 114 Å². The smallest absolute Gasteiger partial charge is 0.264 e. The van der Waals surface area contributed by atoms with Gasteiger partial charge < -0.3 is 24.4 Å². The number of nitrogens with zero attached hydrogens (tertiary/aromatic N) is 2. The first-order chi connectivity index (χ1) is 24.4. The number of rotatable bonds is 17. The van der Waals surface area contributed by atoms with Crippen LogP contribution in [0.25, 0.3) is 0 Å². The lowest BCUT2D eigenvalue weighted by atomic mass is 10.0. The van der Waals surface area contributed by atoms with Crippen LogP contribution in [-0.2, 0) is 32.6 Å². The van der Waals surface area contributed by atoms with Crippen molar-refractivity contribution in [3.8, 4) is 17.2 Å². The molecule has 51 heavy (non-hydrogen) atoms. The Morgan fingerprint density at radius 2 is 1.49 bits per heavy atom. The van der Waals surface area contributed by atoms with E-state index < -0.39 is 34.4 Å². The van der Waals surface area contributed by atoms with Crippen LogP contribution >= 0.6 is 23.2 Å². The summed E-state index contributed by atoms with van der Waals surface area (Å²) in [5, 5.41) is 3.55. The predicted octanol–water partition coefficient (Wildman–Crippen LogP) is 7.02. The summed E-state index contributed by atoms with van der Waals surface area (Å²) in [6, 6.07) is 23.7.